The summed E-state index contributed by atoms with van der Waals surface area (Å²) < 4.78 is 0. The summed E-state index contributed by atoms with van der Waals surface area (Å²) in [5.41, 5.74) is 8.92. The number of pyridine rings is 1. The molecule has 1 aliphatic rings. The average Bonchev–Trinajstić information content (AvgIpc) is 3.38. The van der Waals surface area contributed by atoms with Gasteiger partial charge in [-0.1, -0.05) is 29.8 Å². The molecule has 0 amide bonds. The molecule has 6 heteroatoms. The van der Waals surface area contributed by atoms with E-state index in [4.69, 9.17) is 4.98 Å². The van der Waals surface area contributed by atoms with E-state index in [1.807, 2.05) is 18.3 Å². The first-order chi connectivity index (χ1) is 14.3. The molecule has 29 heavy (non-hydrogen) atoms. The number of nitrogens with zero attached hydrogens (tertiary/aromatic N) is 4. The molecule has 0 fully saturated rings. The Labute approximate surface area is 169 Å². The first kappa shape index (κ1) is 17.6. The highest BCUT2D eigenvalue weighted by Gasteiger charge is 2.18. The van der Waals surface area contributed by atoms with E-state index in [-0.39, 0.29) is 0 Å². The molecule has 0 atom stereocenters. The summed E-state index contributed by atoms with van der Waals surface area (Å²) in [6.07, 6.45) is 8.85. The molecule has 0 unspecified atom stereocenters. The van der Waals surface area contributed by atoms with Gasteiger partial charge in [-0.25, -0.2) is 9.97 Å². The fourth-order valence-electron chi connectivity index (χ4n) is 3.84. The Morgan fingerprint density at radius 1 is 1.00 bits per heavy atom. The molecule has 4 aromatic rings. The van der Waals surface area contributed by atoms with E-state index >= 15 is 0 Å². The minimum Gasteiger partial charge on any atom is -0.348 e. The van der Waals surface area contributed by atoms with Gasteiger partial charge < -0.3 is 5.32 Å². The minimum atomic E-state index is 0.605. The minimum absolute atomic E-state index is 0.605. The second-order valence-corrected chi connectivity index (χ2v) is 7.39. The van der Waals surface area contributed by atoms with E-state index in [0.717, 1.165) is 40.9 Å². The number of aromatic amines is 1. The summed E-state index contributed by atoms with van der Waals surface area (Å²) in [4.78, 5) is 13.6. The zero-order valence-electron chi connectivity index (χ0n) is 16.3. The summed E-state index contributed by atoms with van der Waals surface area (Å²) in [6.45, 7) is 2.70. The van der Waals surface area contributed by atoms with Gasteiger partial charge in [0.05, 0.1) is 17.9 Å². The quantitative estimate of drug-likeness (QED) is 0.537. The standard InChI is InChI=1S/C23H22N6/c1-15-5-7-17(8-6-15)22-19(16-9-11-24-12-10-16)13-25-23(27-22)26-14-21-18-3-2-4-20(18)28-29-21/h5-13H,2-4,14H2,1H3,(H,28,29)(H,25,26,27). The zero-order valence-corrected chi connectivity index (χ0v) is 16.3. The van der Waals surface area contributed by atoms with E-state index in [1.165, 1.54) is 23.2 Å². The van der Waals surface area contributed by atoms with Gasteiger partial charge in [0.1, 0.15) is 0 Å². The summed E-state index contributed by atoms with van der Waals surface area (Å²) in [7, 11) is 0. The SMILES string of the molecule is Cc1ccc(-c2nc(NCc3n[nH]c4c3CCC4)ncc2-c2ccncc2)cc1. The van der Waals surface area contributed by atoms with Crippen LogP contribution < -0.4 is 5.32 Å². The topological polar surface area (TPSA) is 79.4 Å². The predicted molar refractivity (Wildman–Crippen MR) is 113 cm³/mol. The van der Waals surface area contributed by atoms with Crippen LogP contribution in [-0.4, -0.2) is 25.1 Å². The van der Waals surface area contributed by atoms with Crippen molar-refractivity contribution in [1.82, 2.24) is 25.1 Å². The Bertz CT molecular complexity index is 1130. The van der Waals surface area contributed by atoms with Crippen LogP contribution in [-0.2, 0) is 19.4 Å². The number of hydrogen-bond acceptors (Lipinski definition) is 5. The van der Waals surface area contributed by atoms with Crippen LogP contribution in [0.1, 0.15) is 28.9 Å². The first-order valence-electron chi connectivity index (χ1n) is 9.91. The van der Waals surface area contributed by atoms with Gasteiger partial charge in [-0.2, -0.15) is 5.10 Å². The molecule has 0 spiro atoms. The molecule has 3 heterocycles. The van der Waals surface area contributed by atoms with E-state index in [9.17, 15) is 0 Å². The Kier molecular flexibility index (Phi) is 4.52. The van der Waals surface area contributed by atoms with Crippen molar-refractivity contribution in [1.29, 1.82) is 0 Å². The largest absolute Gasteiger partial charge is 0.348 e. The number of benzene rings is 1. The number of aryl methyl sites for hydroxylation is 2. The summed E-state index contributed by atoms with van der Waals surface area (Å²) in [6, 6.07) is 12.4. The fraction of sp³-hybridized carbons (Fsp3) is 0.217. The lowest BCUT2D eigenvalue weighted by Crippen LogP contribution is -2.07. The van der Waals surface area contributed by atoms with Crippen molar-refractivity contribution in [2.75, 3.05) is 5.32 Å². The van der Waals surface area contributed by atoms with Crippen LogP contribution in [0.2, 0.25) is 0 Å². The highest BCUT2D eigenvalue weighted by Crippen LogP contribution is 2.31. The highest BCUT2D eigenvalue weighted by molar-refractivity contribution is 5.80. The third kappa shape index (κ3) is 3.49. The van der Waals surface area contributed by atoms with Gasteiger partial charge in [0, 0.05) is 35.4 Å². The average molecular weight is 382 g/mol. The van der Waals surface area contributed by atoms with Gasteiger partial charge in [0.2, 0.25) is 5.95 Å². The normalized spacial score (nSPS) is 12.7. The molecule has 6 nitrogen and oxygen atoms in total. The molecule has 1 aromatic carbocycles. The monoisotopic (exact) mass is 382 g/mol. The molecular formula is C23H22N6. The molecule has 0 saturated carbocycles. The molecule has 144 valence electrons. The molecule has 5 rings (SSSR count). The number of nitrogens with one attached hydrogen (secondary N) is 2. The van der Waals surface area contributed by atoms with E-state index in [1.54, 1.807) is 12.4 Å². The predicted octanol–water partition coefficient (Wildman–Crippen LogP) is 4.34. The molecular weight excluding hydrogens is 360 g/mol. The number of fused-ring (bicyclic) bond motifs is 1. The van der Waals surface area contributed by atoms with E-state index in [0.29, 0.717) is 12.5 Å². The number of hydrogen-bond donors (Lipinski definition) is 2. The van der Waals surface area contributed by atoms with Crippen LogP contribution in [0.25, 0.3) is 22.4 Å². The fourth-order valence-corrected chi connectivity index (χ4v) is 3.84. The molecule has 0 saturated heterocycles. The van der Waals surface area contributed by atoms with Gasteiger partial charge >= 0.3 is 0 Å². The maximum absolute atomic E-state index is 4.86. The summed E-state index contributed by atoms with van der Waals surface area (Å²) in [5.74, 6) is 0.605. The highest BCUT2D eigenvalue weighted by atomic mass is 15.2. The smallest absolute Gasteiger partial charge is 0.223 e. The van der Waals surface area contributed by atoms with Crippen molar-refractivity contribution in [3.8, 4) is 22.4 Å². The number of anilines is 1. The van der Waals surface area contributed by atoms with Crippen molar-refractivity contribution >= 4 is 5.95 Å². The molecule has 0 bridgehead atoms. The van der Waals surface area contributed by atoms with Crippen molar-refractivity contribution in [2.45, 2.75) is 32.7 Å². The zero-order chi connectivity index (χ0) is 19.6. The van der Waals surface area contributed by atoms with E-state index < -0.39 is 0 Å². The van der Waals surface area contributed by atoms with E-state index in [2.05, 4.69) is 56.7 Å². The third-order valence-electron chi connectivity index (χ3n) is 5.41. The Balaban J connectivity index is 1.49. The van der Waals surface area contributed by atoms with Crippen LogP contribution in [0, 0.1) is 6.92 Å². The summed E-state index contributed by atoms with van der Waals surface area (Å²) >= 11 is 0. The van der Waals surface area contributed by atoms with Crippen LogP contribution in [0.15, 0.2) is 55.0 Å². The van der Waals surface area contributed by atoms with Crippen LogP contribution in [0.4, 0.5) is 5.95 Å². The molecule has 2 N–H and O–H groups in total. The Morgan fingerprint density at radius 3 is 2.66 bits per heavy atom. The van der Waals surface area contributed by atoms with Crippen LogP contribution in [0.5, 0.6) is 0 Å². The second-order valence-electron chi connectivity index (χ2n) is 7.39. The molecule has 0 radical (unpaired) electrons. The van der Waals surface area contributed by atoms with Gasteiger partial charge in [0.25, 0.3) is 0 Å². The Morgan fingerprint density at radius 2 is 1.83 bits per heavy atom. The lowest BCUT2D eigenvalue weighted by atomic mass is 10.0. The van der Waals surface area contributed by atoms with Crippen molar-refractivity contribution < 1.29 is 0 Å². The number of H-pyrrole nitrogens is 1. The van der Waals surface area contributed by atoms with Gasteiger partial charge in [-0.05, 0) is 49.4 Å². The summed E-state index contributed by atoms with van der Waals surface area (Å²) in [5, 5.41) is 11.0. The number of rotatable bonds is 5. The van der Waals surface area contributed by atoms with Crippen LogP contribution in [0.3, 0.4) is 0 Å². The van der Waals surface area contributed by atoms with Crippen LogP contribution >= 0.6 is 0 Å². The maximum atomic E-state index is 4.86. The Hall–Kier alpha value is -3.54. The number of aromatic nitrogens is 5. The van der Waals surface area contributed by atoms with Gasteiger partial charge in [0.15, 0.2) is 0 Å². The van der Waals surface area contributed by atoms with Crippen molar-refractivity contribution in [2.24, 2.45) is 0 Å². The van der Waals surface area contributed by atoms with Crippen molar-refractivity contribution in [3.05, 3.63) is 77.5 Å². The van der Waals surface area contributed by atoms with Gasteiger partial charge in [-0.15, -0.1) is 0 Å². The lowest BCUT2D eigenvalue weighted by molar-refractivity contribution is 0.839. The lowest BCUT2D eigenvalue weighted by Gasteiger charge is -2.12. The molecule has 0 aliphatic heterocycles. The second kappa shape index (κ2) is 7.47. The maximum Gasteiger partial charge on any atom is 0.223 e. The molecule has 3 aromatic heterocycles. The first-order valence-corrected chi connectivity index (χ1v) is 9.91. The molecule has 1 aliphatic carbocycles. The van der Waals surface area contributed by atoms with Gasteiger partial charge in [-0.3, -0.25) is 10.1 Å². The third-order valence-corrected chi connectivity index (χ3v) is 5.41. The van der Waals surface area contributed by atoms with Crippen molar-refractivity contribution in [3.63, 3.8) is 0 Å².